The Balaban J connectivity index is 1.07. The van der Waals surface area contributed by atoms with Crippen LogP contribution in [-0.4, -0.2) is 125 Å². The van der Waals surface area contributed by atoms with Crippen LogP contribution >= 0.6 is 11.6 Å². The van der Waals surface area contributed by atoms with Gasteiger partial charge in [0.1, 0.15) is 30.2 Å². The molecule has 1 unspecified atom stereocenters. The van der Waals surface area contributed by atoms with E-state index in [1.807, 2.05) is 31.3 Å². The topological polar surface area (TPSA) is 145 Å². The van der Waals surface area contributed by atoms with Crippen LogP contribution in [0.2, 0.25) is 5.02 Å². The van der Waals surface area contributed by atoms with E-state index in [4.69, 9.17) is 45.1 Å². The molecule has 1 atom stereocenters. The summed E-state index contributed by atoms with van der Waals surface area (Å²) in [6, 6.07) is 6.53. The van der Waals surface area contributed by atoms with Gasteiger partial charge in [-0.25, -0.2) is 19.6 Å². The third kappa shape index (κ3) is 11.1. The Morgan fingerprint density at radius 2 is 1.69 bits per heavy atom. The average molecular weight is 740 g/mol. The molecule has 0 spiro atoms. The standard InChI is InChI=1S/C36H50ClN9O6/c1-27(23-45-26-38-25-41-45)52-34-20-28(4-9-32(34)37)29-21-39-36(40-22-29)42-33-24-46(31-7-5-30(6-8-31)44-10-14-49-15-11-44)43-35(33)51-13-3-12-48-18-19-50-17-16-47-2/h4,9,20-22,24-27,30-31H,3,5-8,10-19,23H2,1-2H3,(H,39,40,42). The fraction of sp³-hybridized carbons (Fsp3) is 0.583. The highest BCUT2D eigenvalue weighted by Crippen LogP contribution is 2.35. The number of rotatable bonds is 20. The Bertz CT molecular complexity index is 1610. The first-order valence-corrected chi connectivity index (χ1v) is 18.5. The smallest absolute Gasteiger partial charge is 0.256 e. The number of aromatic nitrogens is 7. The zero-order chi connectivity index (χ0) is 36.0. The van der Waals surface area contributed by atoms with Gasteiger partial charge in [-0.15, -0.1) is 5.10 Å². The number of hydrogen-bond donors (Lipinski definition) is 1. The van der Waals surface area contributed by atoms with Crippen molar-refractivity contribution in [2.75, 3.05) is 78.4 Å². The second-order valence-electron chi connectivity index (χ2n) is 13.0. The molecule has 16 heteroatoms. The fourth-order valence-electron chi connectivity index (χ4n) is 6.46. The van der Waals surface area contributed by atoms with Gasteiger partial charge in [0.05, 0.1) is 70.1 Å². The van der Waals surface area contributed by atoms with Crippen molar-refractivity contribution in [1.29, 1.82) is 0 Å². The van der Waals surface area contributed by atoms with Crippen molar-refractivity contribution in [2.24, 2.45) is 0 Å². The second-order valence-corrected chi connectivity index (χ2v) is 13.4. The molecule has 1 N–H and O–H groups in total. The third-order valence-electron chi connectivity index (χ3n) is 9.18. The summed E-state index contributed by atoms with van der Waals surface area (Å²) in [5.74, 6) is 1.53. The lowest BCUT2D eigenvalue weighted by molar-refractivity contribution is 0.00502. The van der Waals surface area contributed by atoms with Crippen LogP contribution in [0.4, 0.5) is 11.6 Å². The lowest BCUT2D eigenvalue weighted by Gasteiger charge is -2.38. The number of benzene rings is 1. The van der Waals surface area contributed by atoms with Gasteiger partial charge in [0, 0.05) is 57.2 Å². The van der Waals surface area contributed by atoms with E-state index in [1.165, 1.54) is 6.33 Å². The minimum Gasteiger partial charge on any atom is -0.487 e. The summed E-state index contributed by atoms with van der Waals surface area (Å²) in [7, 11) is 1.66. The zero-order valence-electron chi connectivity index (χ0n) is 30.1. The van der Waals surface area contributed by atoms with Crippen LogP contribution in [0.1, 0.15) is 45.1 Å². The monoisotopic (exact) mass is 739 g/mol. The maximum absolute atomic E-state index is 6.49. The molecular weight excluding hydrogens is 690 g/mol. The van der Waals surface area contributed by atoms with Crippen molar-refractivity contribution in [2.45, 2.75) is 63.8 Å². The van der Waals surface area contributed by atoms with Crippen molar-refractivity contribution in [3.63, 3.8) is 0 Å². The van der Waals surface area contributed by atoms with E-state index in [2.05, 4.69) is 34.9 Å². The second kappa shape index (κ2) is 19.8. The van der Waals surface area contributed by atoms with E-state index < -0.39 is 0 Å². The summed E-state index contributed by atoms with van der Waals surface area (Å²) in [5.41, 5.74) is 2.43. The molecule has 4 aromatic rings. The van der Waals surface area contributed by atoms with Crippen molar-refractivity contribution >= 4 is 23.2 Å². The molecule has 0 radical (unpaired) electrons. The van der Waals surface area contributed by atoms with Crippen LogP contribution in [0.5, 0.6) is 11.6 Å². The van der Waals surface area contributed by atoms with Gasteiger partial charge in [-0.2, -0.15) is 5.10 Å². The molecule has 1 saturated heterocycles. The van der Waals surface area contributed by atoms with Crippen molar-refractivity contribution < 1.29 is 28.4 Å². The van der Waals surface area contributed by atoms with E-state index in [-0.39, 0.29) is 6.10 Å². The van der Waals surface area contributed by atoms with Gasteiger partial charge in [-0.3, -0.25) is 9.58 Å². The Hall–Kier alpha value is -3.86. The normalized spacial score (nSPS) is 18.7. The molecule has 15 nitrogen and oxygen atoms in total. The molecule has 0 amide bonds. The molecule has 1 aliphatic carbocycles. The predicted molar refractivity (Wildman–Crippen MR) is 195 cm³/mol. The Kier molecular flexibility index (Phi) is 14.4. The Labute approximate surface area is 309 Å². The fourth-order valence-corrected chi connectivity index (χ4v) is 6.62. The number of nitrogens with one attached hydrogen (secondary N) is 1. The highest BCUT2D eigenvalue weighted by molar-refractivity contribution is 6.32. The largest absolute Gasteiger partial charge is 0.487 e. The molecule has 6 rings (SSSR count). The summed E-state index contributed by atoms with van der Waals surface area (Å²) in [5, 5.41) is 12.9. The Morgan fingerprint density at radius 3 is 2.44 bits per heavy atom. The molecule has 1 aromatic carbocycles. The van der Waals surface area contributed by atoms with Gasteiger partial charge in [0.15, 0.2) is 0 Å². The summed E-state index contributed by atoms with van der Waals surface area (Å²) in [6.07, 6.45) is 13.6. The van der Waals surface area contributed by atoms with E-state index in [0.717, 1.165) is 68.8 Å². The van der Waals surface area contributed by atoms with E-state index in [9.17, 15) is 0 Å². The molecule has 1 saturated carbocycles. The summed E-state index contributed by atoms with van der Waals surface area (Å²) >= 11 is 6.49. The van der Waals surface area contributed by atoms with Gasteiger partial charge in [-0.1, -0.05) is 17.7 Å². The zero-order valence-corrected chi connectivity index (χ0v) is 30.8. The number of nitrogens with zero attached hydrogens (tertiary/aromatic N) is 8. The molecule has 282 valence electrons. The van der Waals surface area contributed by atoms with Crippen LogP contribution < -0.4 is 14.8 Å². The maximum Gasteiger partial charge on any atom is 0.256 e. The number of methoxy groups -OCH3 is 1. The van der Waals surface area contributed by atoms with Crippen LogP contribution in [0.15, 0.2) is 49.4 Å². The minimum absolute atomic E-state index is 0.173. The van der Waals surface area contributed by atoms with Gasteiger partial charge in [0.2, 0.25) is 5.95 Å². The van der Waals surface area contributed by atoms with Crippen LogP contribution in [0.25, 0.3) is 11.1 Å². The number of ether oxygens (including phenoxy) is 6. The van der Waals surface area contributed by atoms with Gasteiger partial charge < -0.3 is 33.7 Å². The van der Waals surface area contributed by atoms with Gasteiger partial charge in [0.25, 0.3) is 5.88 Å². The van der Waals surface area contributed by atoms with Crippen LogP contribution in [0, 0.1) is 0 Å². The lowest BCUT2D eigenvalue weighted by atomic mass is 9.90. The Morgan fingerprint density at radius 1 is 0.942 bits per heavy atom. The molecule has 0 bridgehead atoms. The molecule has 2 aliphatic rings. The molecule has 2 fully saturated rings. The number of hydrogen-bond acceptors (Lipinski definition) is 13. The summed E-state index contributed by atoms with van der Waals surface area (Å²) in [4.78, 5) is 15.8. The first kappa shape index (κ1) is 37.9. The molecular formula is C36H50ClN9O6. The highest BCUT2D eigenvalue weighted by Gasteiger charge is 2.29. The quantitative estimate of drug-likeness (QED) is 0.121. The van der Waals surface area contributed by atoms with Gasteiger partial charge in [-0.05, 0) is 50.3 Å². The van der Waals surface area contributed by atoms with Crippen LogP contribution in [0.3, 0.4) is 0 Å². The number of anilines is 2. The summed E-state index contributed by atoms with van der Waals surface area (Å²) in [6.45, 7) is 9.40. The van der Waals surface area contributed by atoms with Gasteiger partial charge >= 0.3 is 0 Å². The average Bonchev–Trinajstić information content (AvgIpc) is 3.84. The number of morpholine rings is 1. The molecule has 4 heterocycles. The SMILES string of the molecule is COCCOCCOCCCOc1nn(C2CCC(N3CCOCC3)CC2)cc1Nc1ncc(-c2ccc(Cl)c(OC(C)Cn3cncn3)c2)cn1. The third-order valence-corrected chi connectivity index (χ3v) is 9.49. The van der Waals surface area contributed by atoms with Crippen LogP contribution in [-0.2, 0) is 25.5 Å². The highest BCUT2D eigenvalue weighted by atomic mass is 35.5. The number of halogens is 1. The summed E-state index contributed by atoms with van der Waals surface area (Å²) < 4.78 is 37.8. The van der Waals surface area contributed by atoms with Crippen molar-refractivity contribution in [3.8, 4) is 22.8 Å². The van der Waals surface area contributed by atoms with Crippen molar-refractivity contribution in [3.05, 3.63) is 54.5 Å². The first-order chi connectivity index (χ1) is 25.6. The lowest BCUT2D eigenvalue weighted by Crippen LogP contribution is -2.45. The minimum atomic E-state index is -0.173. The van der Waals surface area contributed by atoms with E-state index >= 15 is 0 Å². The van der Waals surface area contributed by atoms with Crippen molar-refractivity contribution in [1.82, 2.24) is 39.4 Å². The maximum atomic E-state index is 6.49. The molecule has 52 heavy (non-hydrogen) atoms. The predicted octanol–water partition coefficient (Wildman–Crippen LogP) is 5.06. The van der Waals surface area contributed by atoms with E-state index in [1.54, 1.807) is 30.5 Å². The molecule has 1 aliphatic heterocycles. The first-order valence-electron chi connectivity index (χ1n) is 18.1. The molecule has 3 aromatic heterocycles. The van der Waals surface area contributed by atoms with E-state index in [0.29, 0.717) is 87.3 Å².